The highest BCUT2D eigenvalue weighted by Crippen LogP contribution is 2.28. The first-order valence-electron chi connectivity index (χ1n) is 9.76. The maximum Gasteiger partial charge on any atom is 0.337 e. The van der Waals surface area contributed by atoms with Crippen molar-refractivity contribution in [3.05, 3.63) is 23.8 Å². The molecule has 2 heterocycles. The first-order chi connectivity index (χ1) is 12.9. The molecule has 0 spiro atoms. The quantitative estimate of drug-likeness (QED) is 0.770. The Morgan fingerprint density at radius 2 is 1.81 bits per heavy atom. The van der Waals surface area contributed by atoms with E-state index in [9.17, 15) is 18.3 Å². The van der Waals surface area contributed by atoms with E-state index in [1.165, 1.54) is 39.3 Å². The number of nitrogens with one attached hydrogen (secondary N) is 1. The van der Waals surface area contributed by atoms with E-state index in [-0.39, 0.29) is 17.0 Å². The Labute approximate surface area is 161 Å². The molecule has 2 N–H and O–H groups in total. The summed E-state index contributed by atoms with van der Waals surface area (Å²) in [7, 11) is -3.52. The van der Waals surface area contributed by atoms with Crippen molar-refractivity contribution in [2.24, 2.45) is 0 Å². The summed E-state index contributed by atoms with van der Waals surface area (Å²) in [4.78, 5) is 16.4. The lowest BCUT2D eigenvalue weighted by Gasteiger charge is -2.41. The number of anilines is 2. The number of carbonyl (C=O) groups is 1. The zero-order valence-corrected chi connectivity index (χ0v) is 16.7. The van der Waals surface area contributed by atoms with Crippen molar-refractivity contribution in [1.82, 2.24) is 4.90 Å². The van der Waals surface area contributed by atoms with Crippen LogP contribution in [-0.4, -0.2) is 62.4 Å². The molecular formula is C19H29N3O4S. The van der Waals surface area contributed by atoms with Crippen LogP contribution in [0.5, 0.6) is 0 Å². The molecule has 2 aliphatic heterocycles. The second-order valence-electron chi connectivity index (χ2n) is 7.36. The molecule has 2 saturated heterocycles. The molecule has 0 atom stereocenters. The summed E-state index contributed by atoms with van der Waals surface area (Å²) >= 11 is 0. The highest BCUT2D eigenvalue weighted by Gasteiger charge is 2.26. The predicted octanol–water partition coefficient (Wildman–Crippen LogP) is 2.60. The van der Waals surface area contributed by atoms with Crippen LogP contribution in [0.3, 0.4) is 0 Å². The highest BCUT2D eigenvalue weighted by molar-refractivity contribution is 7.92. The molecule has 3 rings (SSSR count). The summed E-state index contributed by atoms with van der Waals surface area (Å²) in [5, 5.41) is 9.51. The van der Waals surface area contributed by atoms with Crippen LogP contribution in [0.25, 0.3) is 0 Å². The van der Waals surface area contributed by atoms with Crippen molar-refractivity contribution in [2.75, 3.05) is 41.6 Å². The molecule has 0 aliphatic carbocycles. The van der Waals surface area contributed by atoms with Gasteiger partial charge in [-0.05, 0) is 63.9 Å². The first-order valence-corrected chi connectivity index (χ1v) is 11.4. The van der Waals surface area contributed by atoms with Crippen LogP contribution < -0.4 is 9.62 Å². The lowest BCUT2D eigenvalue weighted by molar-refractivity contribution is 0.0698. The van der Waals surface area contributed by atoms with Gasteiger partial charge in [0.15, 0.2) is 0 Å². The van der Waals surface area contributed by atoms with E-state index in [4.69, 9.17) is 0 Å². The number of aromatic carboxylic acids is 1. The fourth-order valence-corrected chi connectivity index (χ4v) is 4.66. The van der Waals surface area contributed by atoms with Crippen molar-refractivity contribution < 1.29 is 18.3 Å². The number of likely N-dealkylation sites (tertiary alicyclic amines) is 1. The van der Waals surface area contributed by atoms with Crippen LogP contribution in [0, 0.1) is 0 Å². The number of carboxylic acids is 1. The number of piperidine rings is 2. The Morgan fingerprint density at radius 3 is 2.41 bits per heavy atom. The van der Waals surface area contributed by atoms with Gasteiger partial charge in [-0.3, -0.25) is 4.72 Å². The minimum Gasteiger partial charge on any atom is -0.478 e. The Bertz CT molecular complexity index is 767. The van der Waals surface area contributed by atoms with Crippen LogP contribution in [0.2, 0.25) is 0 Å². The molecule has 0 saturated carbocycles. The number of hydrogen-bond acceptors (Lipinski definition) is 5. The molecule has 1 aromatic carbocycles. The molecule has 0 unspecified atom stereocenters. The third-order valence-electron chi connectivity index (χ3n) is 5.62. The second kappa shape index (κ2) is 8.48. The van der Waals surface area contributed by atoms with Crippen molar-refractivity contribution in [1.29, 1.82) is 0 Å². The van der Waals surface area contributed by atoms with Gasteiger partial charge in [0.25, 0.3) is 0 Å². The summed E-state index contributed by atoms with van der Waals surface area (Å²) in [5.41, 5.74) is 0.947. The van der Waals surface area contributed by atoms with Crippen LogP contribution in [-0.2, 0) is 10.0 Å². The van der Waals surface area contributed by atoms with E-state index in [0.29, 0.717) is 6.04 Å². The smallest absolute Gasteiger partial charge is 0.337 e. The van der Waals surface area contributed by atoms with Gasteiger partial charge in [0.05, 0.1) is 17.0 Å². The van der Waals surface area contributed by atoms with Gasteiger partial charge in [-0.1, -0.05) is 6.42 Å². The first kappa shape index (κ1) is 19.9. The van der Waals surface area contributed by atoms with E-state index in [0.717, 1.165) is 31.6 Å². The minimum atomic E-state index is -3.52. The van der Waals surface area contributed by atoms with Gasteiger partial charge in [0.1, 0.15) is 0 Å². The topological polar surface area (TPSA) is 90.0 Å². The number of hydrogen-bond donors (Lipinski definition) is 2. The van der Waals surface area contributed by atoms with E-state index < -0.39 is 16.0 Å². The van der Waals surface area contributed by atoms with Crippen molar-refractivity contribution in [2.45, 2.75) is 45.1 Å². The molecule has 27 heavy (non-hydrogen) atoms. The Balaban J connectivity index is 1.70. The molecule has 0 bridgehead atoms. The average molecular weight is 396 g/mol. The largest absolute Gasteiger partial charge is 0.478 e. The minimum absolute atomic E-state index is 0.0114. The molecule has 0 aromatic heterocycles. The predicted molar refractivity (Wildman–Crippen MR) is 107 cm³/mol. The van der Waals surface area contributed by atoms with E-state index in [1.807, 2.05) is 0 Å². The second-order valence-corrected chi connectivity index (χ2v) is 9.37. The van der Waals surface area contributed by atoms with Gasteiger partial charge in [-0.2, -0.15) is 0 Å². The van der Waals surface area contributed by atoms with Gasteiger partial charge < -0.3 is 14.9 Å². The Morgan fingerprint density at radius 1 is 1.15 bits per heavy atom. The summed E-state index contributed by atoms with van der Waals surface area (Å²) in [6, 6.07) is 5.57. The van der Waals surface area contributed by atoms with Crippen molar-refractivity contribution >= 4 is 27.4 Å². The molecule has 150 valence electrons. The van der Waals surface area contributed by atoms with Crippen LogP contribution in [0.1, 0.15) is 49.4 Å². The number of carboxylic acid groups (broad SMARTS) is 1. The van der Waals surface area contributed by atoms with Gasteiger partial charge >= 0.3 is 5.97 Å². The lowest BCUT2D eigenvalue weighted by Crippen LogP contribution is -2.46. The molecule has 8 heteroatoms. The summed E-state index contributed by atoms with van der Waals surface area (Å²) in [6.07, 6.45) is 6.06. The third kappa shape index (κ3) is 4.93. The fourth-order valence-electron chi connectivity index (χ4n) is 4.01. The molecular weight excluding hydrogens is 366 g/mol. The fraction of sp³-hybridized carbons (Fsp3) is 0.632. The number of benzene rings is 1. The van der Waals surface area contributed by atoms with E-state index in [1.54, 1.807) is 18.2 Å². The lowest BCUT2D eigenvalue weighted by atomic mass is 9.99. The highest BCUT2D eigenvalue weighted by atomic mass is 32.2. The Kier molecular flexibility index (Phi) is 6.26. The molecule has 0 amide bonds. The zero-order valence-electron chi connectivity index (χ0n) is 15.9. The number of rotatable bonds is 6. The van der Waals surface area contributed by atoms with Gasteiger partial charge in [-0.15, -0.1) is 0 Å². The van der Waals surface area contributed by atoms with E-state index in [2.05, 4.69) is 14.5 Å². The standard InChI is InChI=1S/C19H29N3O4S/c1-2-27(25,26)20-18-7-6-16(14-17(18)19(23)24)22-12-8-15(9-13-22)21-10-4-3-5-11-21/h6-7,14-15,20H,2-5,8-13H2,1H3,(H,23,24). The maximum atomic E-state index is 11.8. The summed E-state index contributed by atoms with van der Waals surface area (Å²) < 4.78 is 26.0. The molecule has 2 aliphatic rings. The number of sulfonamides is 1. The molecule has 0 radical (unpaired) electrons. The maximum absolute atomic E-state index is 11.8. The third-order valence-corrected chi connectivity index (χ3v) is 6.91. The zero-order chi connectivity index (χ0) is 19.4. The SMILES string of the molecule is CCS(=O)(=O)Nc1ccc(N2CCC(N3CCCCC3)CC2)cc1C(=O)O. The molecule has 1 aromatic rings. The van der Waals surface area contributed by atoms with Crippen LogP contribution in [0.15, 0.2) is 18.2 Å². The monoisotopic (exact) mass is 395 g/mol. The van der Waals surface area contributed by atoms with Gasteiger partial charge in [0, 0.05) is 24.8 Å². The van der Waals surface area contributed by atoms with Crippen molar-refractivity contribution in [3.63, 3.8) is 0 Å². The average Bonchev–Trinajstić information content (AvgIpc) is 2.69. The van der Waals surface area contributed by atoms with Gasteiger partial charge in [0.2, 0.25) is 10.0 Å². The van der Waals surface area contributed by atoms with E-state index >= 15 is 0 Å². The van der Waals surface area contributed by atoms with Crippen LogP contribution >= 0.6 is 0 Å². The Hall–Kier alpha value is -1.80. The molecule has 7 nitrogen and oxygen atoms in total. The van der Waals surface area contributed by atoms with Crippen molar-refractivity contribution in [3.8, 4) is 0 Å². The normalized spacial score (nSPS) is 19.8. The van der Waals surface area contributed by atoms with Gasteiger partial charge in [-0.25, -0.2) is 13.2 Å². The summed E-state index contributed by atoms with van der Waals surface area (Å²) in [5.74, 6) is -1.23. The number of nitrogens with zero attached hydrogens (tertiary/aromatic N) is 2. The molecule has 2 fully saturated rings. The summed E-state index contributed by atoms with van der Waals surface area (Å²) in [6.45, 7) is 5.68. The van der Waals surface area contributed by atoms with Crippen LogP contribution in [0.4, 0.5) is 11.4 Å².